The lowest BCUT2D eigenvalue weighted by molar-refractivity contribution is -0.139. The molecule has 0 fully saturated rings. The van der Waals surface area contributed by atoms with Crippen molar-refractivity contribution in [2.75, 3.05) is 25.5 Å². The summed E-state index contributed by atoms with van der Waals surface area (Å²) in [7, 11) is 1.51. The maximum Gasteiger partial charge on any atom is 0.305 e. The van der Waals surface area contributed by atoms with E-state index in [-0.39, 0.29) is 41.9 Å². The number of hydrogen-bond donors (Lipinski definition) is 5. The highest BCUT2D eigenvalue weighted by Crippen LogP contribution is 2.06. The molecule has 33 heavy (non-hydrogen) atoms. The van der Waals surface area contributed by atoms with Crippen LogP contribution in [-0.4, -0.2) is 75.3 Å². The zero-order valence-corrected chi connectivity index (χ0v) is 19.2. The lowest BCUT2D eigenvalue weighted by Crippen LogP contribution is -2.42. The highest BCUT2D eigenvalue weighted by molar-refractivity contribution is 6.40. The first kappa shape index (κ1) is 29.0. The molecule has 0 aliphatic heterocycles. The van der Waals surface area contributed by atoms with Crippen LogP contribution < -0.4 is 16.2 Å². The molecule has 0 saturated carbocycles. The Bertz CT molecular complexity index is 951. The summed E-state index contributed by atoms with van der Waals surface area (Å²) in [6.07, 6.45) is 8.95. The second-order valence-corrected chi connectivity index (χ2v) is 7.09. The Morgan fingerprint density at radius 1 is 1.42 bits per heavy atom. The highest BCUT2D eigenvalue weighted by atomic mass is 16.4. The summed E-state index contributed by atoms with van der Waals surface area (Å²) in [5.74, 6) is -1.38. The van der Waals surface area contributed by atoms with Gasteiger partial charge >= 0.3 is 5.97 Å². The van der Waals surface area contributed by atoms with Gasteiger partial charge in [-0.2, -0.15) is 0 Å². The fraction of sp³-hybridized carbons (Fsp3) is 0.476. The number of ketones is 1. The summed E-state index contributed by atoms with van der Waals surface area (Å²) in [5.41, 5.74) is 0.137. The van der Waals surface area contributed by atoms with Crippen molar-refractivity contribution in [3.8, 4) is 12.5 Å². The molecule has 0 saturated heterocycles. The maximum absolute atomic E-state index is 12.1. The highest BCUT2D eigenvalue weighted by Gasteiger charge is 2.21. The Hall–Kier alpha value is -4.01. The van der Waals surface area contributed by atoms with E-state index in [4.69, 9.17) is 22.3 Å². The van der Waals surface area contributed by atoms with Crippen LogP contribution in [0, 0.1) is 23.3 Å². The number of aromatic nitrogens is 2. The van der Waals surface area contributed by atoms with Crippen molar-refractivity contribution in [1.29, 1.82) is 10.8 Å². The Labute approximate surface area is 192 Å². The zero-order chi connectivity index (χ0) is 25.6. The second-order valence-electron chi connectivity index (χ2n) is 7.09. The van der Waals surface area contributed by atoms with E-state index in [1.165, 1.54) is 11.9 Å². The molecule has 1 heterocycles. The van der Waals surface area contributed by atoms with Crippen molar-refractivity contribution < 1.29 is 19.5 Å². The maximum atomic E-state index is 12.1. The number of Topliss-reactive ketones (excluding diaryl/α,β-unsaturated/α-hetero) is 1. The zero-order valence-electron chi connectivity index (χ0n) is 19.2. The van der Waals surface area contributed by atoms with Crippen LogP contribution in [0.2, 0.25) is 0 Å². The number of aliphatic carboxylic acids is 1. The van der Waals surface area contributed by atoms with E-state index in [1.807, 2.05) is 13.8 Å². The first-order valence-corrected chi connectivity index (χ1v) is 10.0. The molecule has 1 amide bonds. The predicted molar refractivity (Wildman–Crippen MR) is 125 cm³/mol. The Morgan fingerprint density at radius 3 is 2.55 bits per heavy atom. The molecule has 180 valence electrons. The van der Waals surface area contributed by atoms with E-state index in [0.717, 1.165) is 6.42 Å². The fourth-order valence-corrected chi connectivity index (χ4v) is 2.31. The van der Waals surface area contributed by atoms with E-state index >= 15 is 0 Å². The summed E-state index contributed by atoms with van der Waals surface area (Å²) in [5, 5.41) is 28.2. The van der Waals surface area contributed by atoms with Gasteiger partial charge in [0.1, 0.15) is 0 Å². The molecular formula is C21H31N7O5. The molecule has 2 unspecified atom stereocenters. The number of carbonyl (C=O) groups is 3. The van der Waals surface area contributed by atoms with E-state index in [9.17, 15) is 19.2 Å². The van der Waals surface area contributed by atoms with Crippen LogP contribution in [0.4, 0.5) is 5.82 Å². The molecule has 2 atom stereocenters. The normalized spacial score (nSPS) is 11.5. The number of nitrogens with zero attached hydrogens (tertiary/aromatic N) is 3. The van der Waals surface area contributed by atoms with Gasteiger partial charge in [-0.3, -0.25) is 19.2 Å². The molecule has 0 radical (unpaired) electrons. The summed E-state index contributed by atoms with van der Waals surface area (Å²) in [4.78, 5) is 49.3. The third kappa shape index (κ3) is 10.7. The topological polar surface area (TPSA) is 181 Å². The number of carboxylic acid groups (broad SMARTS) is 1. The minimum Gasteiger partial charge on any atom is -0.481 e. The van der Waals surface area contributed by atoms with Crippen molar-refractivity contribution in [1.82, 2.24) is 19.8 Å². The monoisotopic (exact) mass is 461 g/mol. The number of hydrogen-bond acceptors (Lipinski definition) is 9. The van der Waals surface area contributed by atoms with Gasteiger partial charge < -0.3 is 36.0 Å². The molecule has 5 N–H and O–H groups in total. The van der Waals surface area contributed by atoms with Crippen molar-refractivity contribution in [2.45, 2.75) is 45.7 Å². The number of nitrogens with one attached hydrogen (secondary N) is 4. The quantitative estimate of drug-likeness (QED) is 0.121. The van der Waals surface area contributed by atoms with Gasteiger partial charge in [-0.05, 0) is 20.3 Å². The SMILES string of the molecule is C#CN(C)CC(=O)C(CC(=O)O)NC=O.CCC(C)n1ccnc(NCC(=N)C(C)=N)c1=O. The minimum absolute atomic E-state index is 0.102. The van der Waals surface area contributed by atoms with Gasteiger partial charge in [0.25, 0.3) is 5.56 Å². The number of rotatable bonds is 13. The van der Waals surface area contributed by atoms with Crippen LogP contribution in [0.1, 0.15) is 39.7 Å². The third-order valence-electron chi connectivity index (χ3n) is 4.47. The van der Waals surface area contributed by atoms with Crippen molar-refractivity contribution >= 4 is 35.4 Å². The van der Waals surface area contributed by atoms with Crippen LogP contribution in [0.5, 0.6) is 0 Å². The number of amides is 1. The average Bonchev–Trinajstić information content (AvgIpc) is 2.77. The first-order chi connectivity index (χ1) is 15.5. The van der Waals surface area contributed by atoms with Crippen molar-refractivity contribution in [2.24, 2.45) is 0 Å². The van der Waals surface area contributed by atoms with Gasteiger partial charge in [0.2, 0.25) is 6.41 Å². The Balaban J connectivity index is 0.000000633. The Kier molecular flexibility index (Phi) is 13.1. The largest absolute Gasteiger partial charge is 0.481 e. The molecule has 0 aliphatic carbocycles. The molecule has 0 aromatic carbocycles. The van der Waals surface area contributed by atoms with Crippen molar-refractivity contribution in [3.63, 3.8) is 0 Å². The summed E-state index contributed by atoms with van der Waals surface area (Å²) in [6.45, 7) is 5.56. The fourth-order valence-electron chi connectivity index (χ4n) is 2.31. The molecular weight excluding hydrogens is 430 g/mol. The van der Waals surface area contributed by atoms with Gasteiger partial charge in [-0.25, -0.2) is 4.98 Å². The van der Waals surface area contributed by atoms with Gasteiger partial charge in [0, 0.05) is 31.5 Å². The van der Waals surface area contributed by atoms with E-state index < -0.39 is 24.2 Å². The predicted octanol–water partition coefficient (Wildman–Crippen LogP) is 0.353. The van der Waals surface area contributed by atoms with Gasteiger partial charge in [0.05, 0.1) is 37.0 Å². The number of likely N-dealkylation sites (N-methyl/N-ethyl adjacent to an activating group) is 1. The summed E-state index contributed by atoms with van der Waals surface area (Å²) < 4.78 is 1.62. The van der Waals surface area contributed by atoms with E-state index in [2.05, 4.69) is 21.7 Å². The molecule has 1 aromatic heterocycles. The van der Waals surface area contributed by atoms with Crippen molar-refractivity contribution in [3.05, 3.63) is 22.7 Å². The molecule has 0 aliphatic rings. The van der Waals surface area contributed by atoms with Gasteiger partial charge in [-0.1, -0.05) is 13.3 Å². The lowest BCUT2D eigenvalue weighted by Gasteiger charge is -2.15. The van der Waals surface area contributed by atoms with Crippen LogP contribution in [0.25, 0.3) is 0 Å². The molecule has 1 rings (SSSR count). The molecule has 0 bridgehead atoms. The first-order valence-electron chi connectivity index (χ1n) is 10.0. The van der Waals surface area contributed by atoms with Crippen LogP contribution in [0.15, 0.2) is 17.2 Å². The standard InChI is InChI=1S/C12H19N5O.C9H12N2O4/c1-4-8(2)17-6-5-15-11(12(17)18)16-7-10(14)9(3)13;1-3-11(2)5-8(13)7(10-6-12)4-9(14)15/h5-6,8,13-14H,4,7H2,1-3H3,(H,15,16);1,6-7H,4-5H2,2H3,(H,10,12)(H,14,15). The molecule has 1 aromatic rings. The smallest absolute Gasteiger partial charge is 0.305 e. The second kappa shape index (κ2) is 14.9. The summed E-state index contributed by atoms with van der Waals surface area (Å²) in [6, 6.07) is 1.28. The van der Waals surface area contributed by atoms with Gasteiger partial charge in [0.15, 0.2) is 11.6 Å². The summed E-state index contributed by atoms with van der Waals surface area (Å²) >= 11 is 0. The van der Waals surface area contributed by atoms with Gasteiger partial charge in [-0.15, -0.1) is 0 Å². The number of carboxylic acids is 1. The van der Waals surface area contributed by atoms with E-state index in [0.29, 0.717) is 6.41 Å². The minimum atomic E-state index is -1.16. The van der Waals surface area contributed by atoms with Crippen LogP contribution in [-0.2, 0) is 14.4 Å². The lowest BCUT2D eigenvalue weighted by atomic mass is 10.1. The van der Waals surface area contributed by atoms with E-state index in [1.54, 1.807) is 23.9 Å². The van der Waals surface area contributed by atoms with Crippen LogP contribution in [0.3, 0.4) is 0 Å². The number of anilines is 1. The molecule has 12 nitrogen and oxygen atoms in total. The van der Waals surface area contributed by atoms with Crippen LogP contribution >= 0.6 is 0 Å². The molecule has 12 heteroatoms. The molecule has 0 spiro atoms. The number of terminal acetylenes is 1. The third-order valence-corrected chi connectivity index (χ3v) is 4.47. The Morgan fingerprint density at radius 2 is 2.06 bits per heavy atom. The number of carbonyl (C=O) groups excluding carboxylic acids is 2. The average molecular weight is 462 g/mol.